The summed E-state index contributed by atoms with van der Waals surface area (Å²) in [4.78, 5) is 9.65. The van der Waals surface area contributed by atoms with Crippen LogP contribution in [0.3, 0.4) is 0 Å². The fourth-order valence-corrected chi connectivity index (χ4v) is 4.02. The van der Waals surface area contributed by atoms with Crippen LogP contribution in [0.4, 0.5) is 10.9 Å². The molecule has 1 atom stereocenters. The number of aliphatic hydroxyl groups is 2. The predicted octanol–water partition coefficient (Wildman–Crippen LogP) is 2.42. The minimum Gasteiger partial charge on any atom is -0.445 e. The second kappa shape index (κ2) is 11.6. The van der Waals surface area contributed by atoms with Crippen LogP contribution in [-0.2, 0) is 11.8 Å². The van der Waals surface area contributed by atoms with Crippen molar-refractivity contribution in [2.45, 2.75) is 24.8 Å². The van der Waals surface area contributed by atoms with Crippen LogP contribution in [-0.4, -0.2) is 55.7 Å². The van der Waals surface area contributed by atoms with Crippen LogP contribution in [0.2, 0.25) is 0 Å². The Morgan fingerprint density at radius 3 is 2.81 bits per heavy atom. The van der Waals surface area contributed by atoms with E-state index in [4.69, 9.17) is 14.6 Å². The third-order valence-corrected chi connectivity index (χ3v) is 5.81. The van der Waals surface area contributed by atoms with Gasteiger partial charge in [-0.05, 0) is 13.0 Å². The van der Waals surface area contributed by atoms with Crippen LogP contribution in [0.1, 0.15) is 23.3 Å². The quantitative estimate of drug-likeness (QED) is 0.193. The molecule has 0 saturated carbocycles. The highest BCUT2D eigenvalue weighted by Gasteiger charge is 2.21. The van der Waals surface area contributed by atoms with E-state index in [1.165, 1.54) is 0 Å². The highest BCUT2D eigenvalue weighted by molar-refractivity contribution is 7.99. The van der Waals surface area contributed by atoms with E-state index >= 15 is 0 Å². The van der Waals surface area contributed by atoms with Crippen molar-refractivity contribution >= 4 is 46.7 Å². The van der Waals surface area contributed by atoms with Gasteiger partial charge in [0.2, 0.25) is 16.6 Å². The van der Waals surface area contributed by atoms with Crippen LogP contribution in [0.15, 0.2) is 17.2 Å². The zero-order valence-corrected chi connectivity index (χ0v) is 20.0. The number of aliphatic hydroxyl groups excluding tert-OH is 2. The molecule has 0 saturated heterocycles. The minimum absolute atomic E-state index is 0. The average Bonchev–Trinajstić information content (AvgIpc) is 3.29. The molecule has 0 radical (unpaired) electrons. The first-order chi connectivity index (χ1) is 14.4. The minimum atomic E-state index is -1.12. The zero-order chi connectivity index (χ0) is 21.7. The average molecular weight is 490 g/mol. The Kier molecular flexibility index (Phi) is 9.47. The molecule has 0 fully saturated rings. The monoisotopic (exact) mass is 489 g/mol. The number of aryl methyl sites for hydroxylation is 2. The first-order valence-electron chi connectivity index (χ1n) is 9.17. The molecule has 0 unspecified atom stereocenters. The summed E-state index contributed by atoms with van der Waals surface area (Å²) in [7, 11) is 3.58. The van der Waals surface area contributed by atoms with E-state index < -0.39 is 12.7 Å². The molecule has 3 aromatic heterocycles. The summed E-state index contributed by atoms with van der Waals surface area (Å²) in [5, 5.41) is 25.5. The lowest BCUT2D eigenvalue weighted by molar-refractivity contribution is -0.732. The summed E-state index contributed by atoms with van der Waals surface area (Å²) in [6.07, 6.45) is 0.627. The van der Waals surface area contributed by atoms with Crippen molar-refractivity contribution < 1.29 is 24.4 Å². The van der Waals surface area contributed by atoms with Crippen molar-refractivity contribution in [3.63, 3.8) is 0 Å². The number of rotatable bonds is 10. The Hall–Kier alpha value is -1.96. The molecule has 13 heteroatoms. The molecule has 3 aromatic rings. The van der Waals surface area contributed by atoms with Gasteiger partial charge in [0.15, 0.2) is 24.4 Å². The zero-order valence-electron chi connectivity index (χ0n) is 17.6. The number of H-pyrrole nitrogens is 1. The van der Waals surface area contributed by atoms with E-state index in [2.05, 4.69) is 24.8 Å². The van der Waals surface area contributed by atoms with E-state index in [0.717, 1.165) is 39.3 Å². The standard InChI is InChI=1S/C18H24N6O4S2.ClH/c1-10-15(11(2)24(3)22-10)28-14-7-12(29-6-5-27-4)8-19-17(14)21-18-20-16(23-30-18)13(26)9-25;/h7-8,13,25-26H,5-6,9H2,1-4H3,(H,19,20,21,23);1H/p+1/t13-;/m1./s1. The first kappa shape index (κ1) is 25.3. The highest BCUT2D eigenvalue weighted by Crippen LogP contribution is 2.35. The second-order valence-corrected chi connectivity index (χ2v) is 8.37. The number of hydrogen-bond donors (Lipinski definition) is 4. The van der Waals surface area contributed by atoms with Gasteiger partial charge >= 0.3 is 0 Å². The van der Waals surface area contributed by atoms with Crippen LogP contribution in [0.25, 0.3) is 0 Å². The van der Waals surface area contributed by atoms with Gasteiger partial charge in [0.25, 0.3) is 0 Å². The number of anilines is 2. The largest absolute Gasteiger partial charge is 0.445 e. The van der Waals surface area contributed by atoms with Crippen LogP contribution >= 0.6 is 35.7 Å². The summed E-state index contributed by atoms with van der Waals surface area (Å²) >= 11 is 2.68. The predicted molar refractivity (Wildman–Crippen MR) is 121 cm³/mol. The first-order valence-corrected chi connectivity index (χ1v) is 10.9. The molecule has 0 spiro atoms. The molecule has 0 bridgehead atoms. The molecular weight excluding hydrogens is 464 g/mol. The van der Waals surface area contributed by atoms with Crippen molar-refractivity contribution in [1.82, 2.24) is 19.4 Å². The lowest BCUT2D eigenvalue weighted by Crippen LogP contribution is -2.32. The van der Waals surface area contributed by atoms with Gasteiger partial charge in [-0.1, -0.05) is 0 Å². The lowest BCUT2D eigenvalue weighted by atomic mass is 10.3. The molecule has 170 valence electrons. The SMILES string of the molecule is COCCSc1cnc(Nc2nc([C@H](O)CO)ns2)c(Oc2c(C)[nH][n+](C)c2C)c1.Cl. The molecule has 0 amide bonds. The van der Waals surface area contributed by atoms with Crippen molar-refractivity contribution in [2.75, 3.05) is 31.4 Å². The van der Waals surface area contributed by atoms with Crippen LogP contribution < -0.4 is 14.7 Å². The second-order valence-electron chi connectivity index (χ2n) is 6.45. The van der Waals surface area contributed by atoms with E-state index in [9.17, 15) is 5.11 Å². The number of pyridine rings is 1. The van der Waals surface area contributed by atoms with Gasteiger partial charge in [-0.25, -0.2) is 9.97 Å². The Morgan fingerprint density at radius 1 is 1.39 bits per heavy atom. The Morgan fingerprint density at radius 2 is 2.16 bits per heavy atom. The molecule has 0 aliphatic carbocycles. The van der Waals surface area contributed by atoms with Crippen molar-refractivity contribution in [2.24, 2.45) is 7.05 Å². The summed E-state index contributed by atoms with van der Waals surface area (Å²) in [6.45, 7) is 4.09. The van der Waals surface area contributed by atoms with Crippen LogP contribution in [0, 0.1) is 13.8 Å². The summed E-state index contributed by atoms with van der Waals surface area (Å²) in [6, 6.07) is 1.91. The van der Waals surface area contributed by atoms with Gasteiger partial charge in [0.1, 0.15) is 11.8 Å². The van der Waals surface area contributed by atoms with E-state index in [1.54, 1.807) is 25.1 Å². The van der Waals surface area contributed by atoms with Gasteiger partial charge in [-0.3, -0.25) is 0 Å². The number of halogens is 1. The number of methoxy groups -OCH3 is 1. The Balaban J connectivity index is 0.00000341. The normalized spacial score (nSPS) is 11.8. The van der Waals surface area contributed by atoms with Crippen molar-refractivity contribution in [3.8, 4) is 11.5 Å². The Bertz CT molecular complexity index is 1000. The van der Waals surface area contributed by atoms with E-state index in [1.807, 2.05) is 31.6 Å². The number of hydrogen-bond acceptors (Lipinski definition) is 10. The van der Waals surface area contributed by atoms with E-state index in [-0.39, 0.29) is 18.2 Å². The number of nitrogens with zero attached hydrogens (tertiary/aromatic N) is 4. The molecule has 0 aliphatic heterocycles. The maximum Gasteiger partial charge on any atom is 0.246 e. The number of aromatic nitrogens is 5. The van der Waals surface area contributed by atoms with Crippen molar-refractivity contribution in [3.05, 3.63) is 29.5 Å². The molecule has 0 aromatic carbocycles. The highest BCUT2D eigenvalue weighted by atomic mass is 35.5. The number of nitrogens with one attached hydrogen (secondary N) is 2. The van der Waals surface area contributed by atoms with Crippen LogP contribution in [0.5, 0.6) is 11.5 Å². The molecule has 0 aliphatic rings. The van der Waals surface area contributed by atoms with Crippen molar-refractivity contribution in [1.29, 1.82) is 0 Å². The van der Waals surface area contributed by atoms with E-state index in [0.29, 0.717) is 23.3 Å². The summed E-state index contributed by atoms with van der Waals surface area (Å²) < 4.78 is 17.3. The van der Waals surface area contributed by atoms with Gasteiger partial charge in [-0.2, -0.15) is 9.47 Å². The number of aromatic amines is 1. The fourth-order valence-electron chi connectivity index (χ4n) is 2.59. The van der Waals surface area contributed by atoms with Gasteiger partial charge in [-0.15, -0.1) is 28.9 Å². The maximum atomic E-state index is 9.71. The topological polar surface area (TPSA) is 129 Å². The number of ether oxygens (including phenoxy) is 2. The third-order valence-electron chi connectivity index (χ3n) is 4.24. The summed E-state index contributed by atoms with van der Waals surface area (Å²) in [5.41, 5.74) is 1.84. The van der Waals surface area contributed by atoms with Gasteiger partial charge in [0, 0.05) is 42.4 Å². The molecule has 3 rings (SSSR count). The summed E-state index contributed by atoms with van der Waals surface area (Å²) in [5.74, 6) is 2.66. The van der Waals surface area contributed by atoms with Gasteiger partial charge in [0.05, 0.1) is 13.2 Å². The smallest absolute Gasteiger partial charge is 0.246 e. The molecule has 10 nitrogen and oxygen atoms in total. The maximum absolute atomic E-state index is 9.71. The molecular formula is C18H26ClN6O4S2+. The van der Waals surface area contributed by atoms with Gasteiger partial charge < -0.3 is 25.0 Å². The third kappa shape index (κ3) is 6.28. The number of thioether (sulfide) groups is 1. The molecule has 3 heterocycles. The molecule has 31 heavy (non-hydrogen) atoms. The molecule has 4 N–H and O–H groups in total. The lowest BCUT2D eigenvalue weighted by Gasteiger charge is -2.11. The Labute approximate surface area is 194 Å². The fraction of sp³-hybridized carbons (Fsp3) is 0.444.